The molecule has 0 bridgehead atoms. The van der Waals surface area contributed by atoms with Crippen molar-refractivity contribution < 1.29 is 48.1 Å². The van der Waals surface area contributed by atoms with Gasteiger partial charge in [0.2, 0.25) is 0 Å². The molecule has 0 N–H and O–H groups in total. The van der Waals surface area contributed by atoms with Gasteiger partial charge in [-0.2, -0.15) is 12.1 Å². The van der Waals surface area contributed by atoms with E-state index in [-0.39, 0.29) is 30.2 Å². The van der Waals surface area contributed by atoms with Crippen LogP contribution in [0.5, 0.6) is 0 Å². The molecule has 0 aromatic heterocycles. The van der Waals surface area contributed by atoms with Crippen LogP contribution in [0.15, 0.2) is 121 Å². The molecule has 4 heteroatoms. The summed E-state index contributed by atoms with van der Waals surface area (Å²) in [4.78, 5) is 0. The molecule has 0 aliphatic carbocycles. The second-order valence-corrected chi connectivity index (χ2v) is 21.8. The zero-order valence-electron chi connectivity index (χ0n) is 27.9. The van der Waals surface area contributed by atoms with Crippen molar-refractivity contribution in [1.82, 2.24) is 0 Å². The van der Waals surface area contributed by atoms with Gasteiger partial charge >= 0.3 is 41.9 Å². The van der Waals surface area contributed by atoms with Crippen LogP contribution in [0.2, 0.25) is 13.1 Å². The van der Waals surface area contributed by atoms with Crippen molar-refractivity contribution in [2.45, 2.75) is 53.6 Å². The van der Waals surface area contributed by atoms with E-state index in [2.05, 4.69) is 169 Å². The van der Waals surface area contributed by atoms with Crippen LogP contribution in [-0.2, 0) is 23.3 Å². The fourth-order valence-electron chi connectivity index (χ4n) is 5.94. The van der Waals surface area contributed by atoms with E-state index in [4.69, 9.17) is 0 Å². The van der Waals surface area contributed by atoms with Crippen LogP contribution < -0.4 is 24.8 Å². The van der Waals surface area contributed by atoms with E-state index in [1.807, 2.05) is 0 Å². The van der Waals surface area contributed by atoms with Crippen LogP contribution >= 0.6 is 0 Å². The maximum atomic E-state index is 2.36. The normalized spacial score (nSPS) is 10.5. The van der Waals surface area contributed by atoms with Gasteiger partial charge in [-0.05, 0) is 34.7 Å². The van der Waals surface area contributed by atoms with Gasteiger partial charge in [0.25, 0.3) is 0 Å². The van der Waals surface area contributed by atoms with Gasteiger partial charge in [-0.15, -0.1) is 68.6 Å². The summed E-state index contributed by atoms with van der Waals surface area (Å²) in [6.07, 6.45) is 0. The summed E-state index contributed by atoms with van der Waals surface area (Å²) in [6.45, 7) is 15.6. The number of hydrogen-bond donors (Lipinski definition) is 0. The molecule has 7 aromatic carbocycles. The first kappa shape index (κ1) is 37.7. The molecule has 0 nitrogen and oxygen atoms in total. The minimum absolute atomic E-state index is 0. The summed E-state index contributed by atoms with van der Waals surface area (Å²) in [6, 6.07) is 44.3. The molecule has 234 valence electrons. The third-order valence-corrected chi connectivity index (χ3v) is 8.10. The van der Waals surface area contributed by atoms with Crippen LogP contribution in [0.3, 0.4) is 0 Å². The number of rotatable bonds is 3. The van der Waals surface area contributed by atoms with Gasteiger partial charge in [-0.3, -0.25) is 0 Å². The Kier molecular flexibility index (Phi) is 13.9. The Bertz CT molecular complexity index is 2070. The quantitative estimate of drug-likeness (QED) is 0.145. The maximum Gasteiger partial charge on any atom is -0.0276 e. The van der Waals surface area contributed by atoms with E-state index in [1.54, 1.807) is 23.3 Å². The molecule has 0 spiro atoms. The number of halogens is 2. The molecular weight excluding hydrogens is 695 g/mol. The topological polar surface area (TPSA) is 0 Å². The van der Waals surface area contributed by atoms with Crippen molar-refractivity contribution in [3.05, 3.63) is 144 Å². The summed E-state index contributed by atoms with van der Waals surface area (Å²) < 4.78 is 0. The summed E-state index contributed by atoms with van der Waals surface area (Å²) in [5.74, 6) is 0.563. The summed E-state index contributed by atoms with van der Waals surface area (Å²) in [7, 11) is 0. The molecule has 0 aliphatic heterocycles. The van der Waals surface area contributed by atoms with Crippen molar-refractivity contribution >= 4 is 37.8 Å². The average Bonchev–Trinajstić information content (AvgIpc) is 3.62. The predicted octanol–water partition coefficient (Wildman–Crippen LogP) is 6.45. The first-order valence-corrected chi connectivity index (χ1v) is 21.7. The second-order valence-electron chi connectivity index (χ2n) is 12.4. The number of hydrogen-bond acceptors (Lipinski definition) is 0. The number of fused-ring (bicyclic) bond motifs is 3. The zero-order chi connectivity index (χ0) is 31.4. The van der Waals surface area contributed by atoms with Crippen molar-refractivity contribution in [3.63, 3.8) is 0 Å². The van der Waals surface area contributed by atoms with Crippen LogP contribution in [0.4, 0.5) is 0 Å². The Morgan fingerprint density at radius 3 is 1.93 bits per heavy atom. The molecule has 0 saturated carbocycles. The van der Waals surface area contributed by atoms with E-state index >= 15 is 0 Å². The van der Waals surface area contributed by atoms with Gasteiger partial charge in [0.15, 0.2) is 0 Å². The molecule has 0 saturated heterocycles. The monoisotopic (exact) mass is 734 g/mol. The van der Waals surface area contributed by atoms with Gasteiger partial charge in [-0.25, -0.2) is 0 Å². The third kappa shape index (κ3) is 8.78. The smallest absolute Gasteiger partial charge is 0.0276 e. The van der Waals surface area contributed by atoms with Crippen molar-refractivity contribution in [2.24, 2.45) is 0 Å². The van der Waals surface area contributed by atoms with Crippen molar-refractivity contribution in [3.8, 4) is 22.3 Å². The van der Waals surface area contributed by atoms with Gasteiger partial charge in [0.05, 0.1) is 0 Å². The first-order valence-electron chi connectivity index (χ1n) is 15.6. The van der Waals surface area contributed by atoms with E-state index < -0.39 is 0 Å². The van der Waals surface area contributed by atoms with Gasteiger partial charge < -0.3 is 24.8 Å². The fourth-order valence-corrected chi connectivity index (χ4v) is 5.94. The van der Waals surface area contributed by atoms with Crippen molar-refractivity contribution in [2.75, 3.05) is 0 Å². The van der Waals surface area contributed by atoms with E-state index in [1.165, 1.54) is 76.8 Å². The van der Waals surface area contributed by atoms with E-state index in [0.717, 1.165) is 0 Å². The molecular formula is C42H42Cl2SiZr-2. The molecule has 0 atom stereocenters. The maximum absolute atomic E-state index is 2.36. The standard InChI is InChI=1S/C22H19.C18H17.C2H6Si.2ClH.Zr/c1-15(2)18-13-17-9-6-12-21(22(17)14-18)20-11-5-8-16-7-3-4-10-19(16)20;1-12-5-4-6-15(9-12)16-8-7-14(3)17-10-13(2)11-18(16)17;1-3-2;;;/h3-15H,1-2H3;4-11H,1-3H3;1-2H3;2*1H;/q2*-1;;;;+2/p-2. The minimum atomic E-state index is 0. The van der Waals surface area contributed by atoms with Gasteiger partial charge in [0, 0.05) is 0 Å². The molecule has 46 heavy (non-hydrogen) atoms. The Morgan fingerprint density at radius 1 is 0.609 bits per heavy atom. The molecule has 0 fully saturated rings. The zero-order valence-corrected chi connectivity index (χ0v) is 32.9. The van der Waals surface area contributed by atoms with Gasteiger partial charge in [0.1, 0.15) is 0 Å². The van der Waals surface area contributed by atoms with Crippen molar-refractivity contribution in [1.29, 1.82) is 0 Å². The Labute approximate surface area is 303 Å². The SMILES string of the molecule is CC(C)c1cc2c(-c3cccc4ccccc34)cccc2[cH-]1.C[Si](C)=[Zr+2].Cc1cccc(-c2ccc(C)c3[cH-]c(C)cc23)c1.[Cl-].[Cl-]. The van der Waals surface area contributed by atoms with Crippen LogP contribution in [0, 0.1) is 20.8 Å². The molecule has 7 rings (SSSR count). The largest absolute Gasteiger partial charge is 1.00 e. The summed E-state index contributed by atoms with van der Waals surface area (Å²) in [5, 5.41) is 8.08. The average molecular weight is 737 g/mol. The Balaban J connectivity index is 0.000000219. The molecule has 7 aromatic rings. The molecule has 0 amide bonds. The fraction of sp³-hybridized carbons (Fsp3) is 0.190. The third-order valence-electron chi connectivity index (χ3n) is 8.10. The van der Waals surface area contributed by atoms with Crippen LogP contribution in [-0.4, -0.2) is 5.43 Å². The Morgan fingerprint density at radius 2 is 1.24 bits per heavy atom. The molecule has 0 radical (unpaired) electrons. The Hall–Kier alpha value is -2.74. The van der Waals surface area contributed by atoms with E-state index in [9.17, 15) is 0 Å². The van der Waals surface area contributed by atoms with Gasteiger partial charge in [-0.1, -0.05) is 123 Å². The number of aryl methyl sites for hydroxylation is 3. The summed E-state index contributed by atoms with van der Waals surface area (Å²) in [5.41, 5.74) is 10.9. The van der Waals surface area contributed by atoms with Crippen LogP contribution in [0.25, 0.3) is 54.6 Å². The first-order chi connectivity index (χ1) is 21.1. The van der Waals surface area contributed by atoms with E-state index in [0.29, 0.717) is 5.92 Å². The summed E-state index contributed by atoms with van der Waals surface area (Å²) >= 11 is 1.74. The van der Waals surface area contributed by atoms with Crippen LogP contribution in [0.1, 0.15) is 42.0 Å². The second kappa shape index (κ2) is 16.9. The predicted molar refractivity (Wildman–Crippen MR) is 193 cm³/mol. The molecule has 0 unspecified atom stereocenters. The molecule has 0 aliphatic rings. The minimum Gasteiger partial charge on any atom is -1.00 e. The number of benzene rings is 5. The molecule has 0 heterocycles.